The quantitative estimate of drug-likeness (QED) is 0.206. The van der Waals surface area contributed by atoms with Crippen LogP contribution in [0.15, 0.2) is 54.7 Å². The van der Waals surface area contributed by atoms with Gasteiger partial charge in [-0.15, -0.1) is 0 Å². The molecule has 1 aliphatic rings. The molecule has 3 heteroatoms. The molecule has 0 unspecified atom stereocenters. The third-order valence-corrected chi connectivity index (χ3v) is 7.66. The van der Waals surface area contributed by atoms with Gasteiger partial charge in [0.05, 0.1) is 5.69 Å². The number of carboxylic acids is 1. The number of pyridine rings is 1. The van der Waals surface area contributed by atoms with Crippen LogP contribution in [-0.4, -0.2) is 16.1 Å². The summed E-state index contributed by atoms with van der Waals surface area (Å²) in [4.78, 5) is 15.2. The number of unbranched alkanes of at least 4 members (excludes halogenated alkanes) is 7. The molecule has 1 heterocycles. The first-order chi connectivity index (χ1) is 17.2. The van der Waals surface area contributed by atoms with Gasteiger partial charge in [-0.3, -0.25) is 4.98 Å². The van der Waals surface area contributed by atoms with Crippen molar-refractivity contribution in [2.24, 2.45) is 5.92 Å². The predicted molar refractivity (Wildman–Crippen MR) is 147 cm³/mol. The summed E-state index contributed by atoms with van der Waals surface area (Å²) in [6, 6.07) is 13.6. The molecule has 0 bridgehead atoms. The average Bonchev–Trinajstić information content (AvgIpc) is 2.89. The first kappa shape index (κ1) is 27.2. The lowest BCUT2D eigenvalue weighted by Crippen LogP contribution is -2.13. The summed E-state index contributed by atoms with van der Waals surface area (Å²) in [7, 11) is 0. The SMILES string of the molecule is CCCCCc1ccc(-c2ccc([C@H]3CC[C@H](CCCCCCC/C=C/C(=O)O)CC3)cc2)nc1. The Kier molecular flexibility index (Phi) is 12.1. The van der Waals surface area contributed by atoms with E-state index in [1.807, 2.05) is 0 Å². The summed E-state index contributed by atoms with van der Waals surface area (Å²) < 4.78 is 0. The Labute approximate surface area is 213 Å². The Bertz CT molecular complexity index is 877. The number of aromatic nitrogens is 1. The maximum Gasteiger partial charge on any atom is 0.327 e. The van der Waals surface area contributed by atoms with Crippen LogP contribution in [0.5, 0.6) is 0 Å². The number of nitrogens with zero attached hydrogens (tertiary/aromatic N) is 1. The van der Waals surface area contributed by atoms with Crippen LogP contribution in [0.1, 0.15) is 114 Å². The highest BCUT2D eigenvalue weighted by Gasteiger charge is 2.22. The third kappa shape index (κ3) is 9.99. The zero-order chi connectivity index (χ0) is 24.7. The number of rotatable bonds is 15. The van der Waals surface area contributed by atoms with E-state index in [1.54, 1.807) is 6.08 Å². The zero-order valence-electron chi connectivity index (χ0n) is 21.8. The lowest BCUT2D eigenvalue weighted by Gasteiger charge is -2.29. The highest BCUT2D eigenvalue weighted by atomic mass is 16.4. The Morgan fingerprint density at radius 2 is 1.66 bits per heavy atom. The molecule has 1 N–H and O–H groups in total. The Hall–Kier alpha value is -2.42. The highest BCUT2D eigenvalue weighted by Crippen LogP contribution is 2.38. The fraction of sp³-hybridized carbons (Fsp3) is 0.562. The van der Waals surface area contributed by atoms with Gasteiger partial charge in [0.2, 0.25) is 0 Å². The van der Waals surface area contributed by atoms with E-state index in [2.05, 4.69) is 49.5 Å². The molecule has 0 radical (unpaired) electrons. The second kappa shape index (κ2) is 15.5. The number of carbonyl (C=O) groups is 1. The van der Waals surface area contributed by atoms with Crippen molar-refractivity contribution < 1.29 is 9.90 Å². The van der Waals surface area contributed by atoms with Crippen LogP contribution >= 0.6 is 0 Å². The second-order valence-electron chi connectivity index (χ2n) is 10.4. The maximum atomic E-state index is 10.4. The predicted octanol–water partition coefficient (Wildman–Crippen LogP) is 9.13. The molecule has 0 spiro atoms. The number of aryl methyl sites for hydroxylation is 1. The molecule has 35 heavy (non-hydrogen) atoms. The van der Waals surface area contributed by atoms with Crippen molar-refractivity contribution in [2.75, 3.05) is 0 Å². The van der Waals surface area contributed by atoms with Crippen molar-refractivity contribution >= 4 is 5.97 Å². The number of hydrogen-bond acceptors (Lipinski definition) is 2. The van der Waals surface area contributed by atoms with Gasteiger partial charge in [-0.1, -0.05) is 88.3 Å². The number of carboxylic acid groups (broad SMARTS) is 1. The fourth-order valence-electron chi connectivity index (χ4n) is 5.44. The first-order valence-electron chi connectivity index (χ1n) is 14.1. The Morgan fingerprint density at radius 1 is 0.914 bits per heavy atom. The van der Waals surface area contributed by atoms with Crippen molar-refractivity contribution in [1.29, 1.82) is 0 Å². The monoisotopic (exact) mass is 475 g/mol. The van der Waals surface area contributed by atoms with Gasteiger partial charge in [0.25, 0.3) is 0 Å². The van der Waals surface area contributed by atoms with E-state index in [1.165, 1.54) is 99.8 Å². The summed E-state index contributed by atoms with van der Waals surface area (Å²) in [5.41, 5.74) is 5.15. The molecule has 190 valence electrons. The van der Waals surface area contributed by atoms with Crippen LogP contribution < -0.4 is 0 Å². The molecule has 0 atom stereocenters. The van der Waals surface area contributed by atoms with E-state index in [-0.39, 0.29) is 0 Å². The fourth-order valence-corrected chi connectivity index (χ4v) is 5.44. The van der Waals surface area contributed by atoms with Crippen LogP contribution in [0.25, 0.3) is 11.3 Å². The van der Waals surface area contributed by atoms with Crippen LogP contribution in [0.4, 0.5) is 0 Å². The van der Waals surface area contributed by atoms with Gasteiger partial charge in [-0.25, -0.2) is 4.79 Å². The molecule has 0 amide bonds. The molecule has 1 fully saturated rings. The van der Waals surface area contributed by atoms with Crippen LogP contribution in [-0.2, 0) is 11.2 Å². The third-order valence-electron chi connectivity index (χ3n) is 7.66. The van der Waals surface area contributed by atoms with E-state index in [9.17, 15) is 4.79 Å². The maximum absolute atomic E-state index is 10.4. The lowest BCUT2D eigenvalue weighted by molar-refractivity contribution is -0.131. The van der Waals surface area contributed by atoms with E-state index in [0.29, 0.717) is 5.92 Å². The summed E-state index contributed by atoms with van der Waals surface area (Å²) in [6.45, 7) is 2.25. The van der Waals surface area contributed by atoms with E-state index >= 15 is 0 Å². The molecule has 3 rings (SSSR count). The van der Waals surface area contributed by atoms with Gasteiger partial charge in [0.1, 0.15) is 0 Å². The molecule has 1 aromatic carbocycles. The van der Waals surface area contributed by atoms with Crippen LogP contribution in [0.3, 0.4) is 0 Å². The van der Waals surface area contributed by atoms with Gasteiger partial charge < -0.3 is 5.11 Å². The number of hydrogen-bond donors (Lipinski definition) is 1. The lowest BCUT2D eigenvalue weighted by atomic mass is 9.77. The minimum Gasteiger partial charge on any atom is -0.478 e. The van der Waals surface area contributed by atoms with Crippen molar-refractivity contribution in [3.8, 4) is 11.3 Å². The summed E-state index contributed by atoms with van der Waals surface area (Å²) in [5.74, 6) is 0.782. The van der Waals surface area contributed by atoms with Gasteiger partial charge >= 0.3 is 5.97 Å². The zero-order valence-corrected chi connectivity index (χ0v) is 21.8. The second-order valence-corrected chi connectivity index (χ2v) is 10.4. The molecule has 3 nitrogen and oxygen atoms in total. The molecular weight excluding hydrogens is 430 g/mol. The largest absolute Gasteiger partial charge is 0.478 e. The highest BCUT2D eigenvalue weighted by molar-refractivity contribution is 5.79. The molecule has 1 aliphatic carbocycles. The molecular formula is C32H45NO2. The van der Waals surface area contributed by atoms with Gasteiger partial charge in [0, 0.05) is 17.8 Å². The van der Waals surface area contributed by atoms with Gasteiger partial charge in [-0.2, -0.15) is 0 Å². The van der Waals surface area contributed by atoms with Gasteiger partial charge in [-0.05, 0) is 80.4 Å². The minimum atomic E-state index is -0.840. The molecule has 0 aliphatic heterocycles. The van der Waals surface area contributed by atoms with Crippen molar-refractivity contribution in [1.82, 2.24) is 4.98 Å². The van der Waals surface area contributed by atoms with Crippen molar-refractivity contribution in [3.63, 3.8) is 0 Å². The average molecular weight is 476 g/mol. The smallest absolute Gasteiger partial charge is 0.327 e. The molecule has 0 saturated heterocycles. The number of aliphatic carboxylic acids is 1. The van der Waals surface area contributed by atoms with Crippen molar-refractivity contribution in [2.45, 2.75) is 109 Å². The number of benzene rings is 1. The van der Waals surface area contributed by atoms with Gasteiger partial charge in [0.15, 0.2) is 0 Å². The molecule has 1 saturated carbocycles. The van der Waals surface area contributed by atoms with Crippen LogP contribution in [0.2, 0.25) is 0 Å². The van der Waals surface area contributed by atoms with E-state index in [0.717, 1.165) is 30.9 Å². The molecule has 1 aromatic heterocycles. The van der Waals surface area contributed by atoms with Crippen LogP contribution in [0, 0.1) is 5.92 Å². The van der Waals surface area contributed by atoms with E-state index in [4.69, 9.17) is 10.1 Å². The first-order valence-corrected chi connectivity index (χ1v) is 14.1. The molecule has 2 aromatic rings. The summed E-state index contributed by atoms with van der Waals surface area (Å²) in [5, 5.41) is 8.59. The summed E-state index contributed by atoms with van der Waals surface area (Å²) in [6.07, 6.45) is 23.9. The topological polar surface area (TPSA) is 50.2 Å². The number of allylic oxidation sites excluding steroid dienone is 1. The van der Waals surface area contributed by atoms with E-state index < -0.39 is 5.97 Å². The normalized spacial score (nSPS) is 18.2. The Balaban J connectivity index is 1.32. The minimum absolute atomic E-state index is 0.716. The standard InChI is InChI=1S/C32H45NO2/c1-2-3-9-13-27-17-24-31(33-25-27)30-22-20-29(21-23-30)28-18-15-26(16-19-28)12-10-7-5-4-6-8-11-14-32(34)35/h11,14,17,20-26,28H,2-10,12-13,15-16,18-19H2,1H3,(H,34,35)/b14-11+/t26-,28-. The Morgan fingerprint density at radius 3 is 2.34 bits per heavy atom. The summed E-state index contributed by atoms with van der Waals surface area (Å²) >= 11 is 0. The van der Waals surface area contributed by atoms with Crippen molar-refractivity contribution in [3.05, 3.63) is 65.9 Å².